The molecule has 0 aliphatic carbocycles. The average molecular weight is 307 g/mol. The Morgan fingerprint density at radius 2 is 1.90 bits per heavy atom. The van der Waals surface area contributed by atoms with Crippen LogP contribution in [0.4, 0.5) is 4.39 Å². The van der Waals surface area contributed by atoms with Crippen LogP contribution < -0.4 is 4.74 Å². The van der Waals surface area contributed by atoms with Crippen molar-refractivity contribution >= 4 is 22.6 Å². The van der Waals surface area contributed by atoms with Crippen molar-refractivity contribution in [1.82, 2.24) is 0 Å². The molecule has 3 aromatic rings. The minimum Gasteiger partial charge on any atom is -0.490 e. The summed E-state index contributed by atoms with van der Waals surface area (Å²) < 4.78 is 24.0. The molecule has 1 unspecified atom stereocenters. The van der Waals surface area contributed by atoms with Gasteiger partial charge in [0.05, 0.1) is 0 Å². The summed E-state index contributed by atoms with van der Waals surface area (Å²) >= 11 is 5.78. The number of furan rings is 1. The fourth-order valence-electron chi connectivity index (χ4n) is 1.99. The van der Waals surface area contributed by atoms with E-state index in [9.17, 15) is 9.50 Å². The third kappa shape index (κ3) is 3.17. The molecule has 1 atom stereocenters. The molecule has 0 aliphatic heterocycles. The van der Waals surface area contributed by atoms with Crippen molar-refractivity contribution < 1.29 is 18.7 Å². The van der Waals surface area contributed by atoms with E-state index in [-0.39, 0.29) is 12.4 Å². The fraction of sp³-hybridized carbons (Fsp3) is 0.125. The van der Waals surface area contributed by atoms with Crippen LogP contribution in [-0.4, -0.2) is 11.7 Å². The standard InChI is InChI=1S/C16H12ClFO3/c17-11-1-4-13(5-2-11)20-9-14(19)16-8-10-7-12(18)3-6-15(10)21-16/h1-8,14,19H,9H2. The van der Waals surface area contributed by atoms with E-state index in [0.29, 0.717) is 27.5 Å². The van der Waals surface area contributed by atoms with E-state index in [2.05, 4.69) is 0 Å². The molecule has 1 heterocycles. The topological polar surface area (TPSA) is 42.6 Å². The van der Waals surface area contributed by atoms with Gasteiger partial charge >= 0.3 is 0 Å². The average Bonchev–Trinajstić information content (AvgIpc) is 2.89. The highest BCUT2D eigenvalue weighted by molar-refractivity contribution is 6.30. The Labute approximate surface area is 125 Å². The van der Waals surface area contributed by atoms with E-state index >= 15 is 0 Å². The Hall–Kier alpha value is -2.04. The van der Waals surface area contributed by atoms with E-state index in [1.165, 1.54) is 18.2 Å². The molecule has 1 N–H and O–H groups in total. The van der Waals surface area contributed by atoms with E-state index in [0.717, 1.165) is 0 Å². The molecule has 21 heavy (non-hydrogen) atoms. The van der Waals surface area contributed by atoms with Gasteiger partial charge in [-0.15, -0.1) is 0 Å². The number of rotatable bonds is 4. The summed E-state index contributed by atoms with van der Waals surface area (Å²) in [7, 11) is 0. The lowest BCUT2D eigenvalue weighted by Gasteiger charge is -2.10. The summed E-state index contributed by atoms with van der Waals surface area (Å²) in [5, 5.41) is 11.3. The van der Waals surface area contributed by atoms with E-state index in [1.54, 1.807) is 30.3 Å². The molecule has 0 saturated carbocycles. The van der Waals surface area contributed by atoms with Crippen LogP contribution >= 0.6 is 11.6 Å². The highest BCUT2D eigenvalue weighted by Gasteiger charge is 2.14. The van der Waals surface area contributed by atoms with Gasteiger partial charge in [0.2, 0.25) is 0 Å². The van der Waals surface area contributed by atoms with Crippen molar-refractivity contribution in [2.24, 2.45) is 0 Å². The molecule has 5 heteroatoms. The molecule has 108 valence electrons. The van der Waals surface area contributed by atoms with Crippen LogP contribution in [0.3, 0.4) is 0 Å². The number of aliphatic hydroxyl groups is 1. The Balaban J connectivity index is 1.71. The molecule has 1 aromatic heterocycles. The largest absolute Gasteiger partial charge is 0.490 e. The van der Waals surface area contributed by atoms with Crippen molar-refractivity contribution in [1.29, 1.82) is 0 Å². The molecule has 3 rings (SSSR count). The maximum atomic E-state index is 13.1. The van der Waals surface area contributed by atoms with Crippen molar-refractivity contribution in [3.8, 4) is 5.75 Å². The van der Waals surface area contributed by atoms with Gasteiger partial charge in [-0.05, 0) is 48.5 Å². The minimum absolute atomic E-state index is 0.0317. The molecule has 0 radical (unpaired) electrons. The molecule has 0 aliphatic rings. The zero-order chi connectivity index (χ0) is 14.8. The lowest BCUT2D eigenvalue weighted by molar-refractivity contribution is 0.0903. The van der Waals surface area contributed by atoms with Gasteiger partial charge in [-0.1, -0.05) is 11.6 Å². The first-order valence-corrected chi connectivity index (χ1v) is 6.75. The number of aliphatic hydroxyl groups excluding tert-OH is 1. The molecule has 0 fully saturated rings. The maximum absolute atomic E-state index is 13.1. The van der Waals surface area contributed by atoms with Crippen LogP contribution in [0.2, 0.25) is 5.02 Å². The molecule has 0 saturated heterocycles. The number of hydrogen-bond acceptors (Lipinski definition) is 3. The van der Waals surface area contributed by atoms with Crippen LogP contribution in [0.5, 0.6) is 5.75 Å². The zero-order valence-electron chi connectivity index (χ0n) is 10.9. The summed E-state index contributed by atoms with van der Waals surface area (Å²) in [5.74, 6) is 0.590. The summed E-state index contributed by atoms with van der Waals surface area (Å²) in [6, 6.07) is 12.6. The van der Waals surface area contributed by atoms with Gasteiger partial charge in [0.25, 0.3) is 0 Å². The predicted molar refractivity (Wildman–Crippen MR) is 78.1 cm³/mol. The SMILES string of the molecule is OC(COc1ccc(Cl)cc1)c1cc2cc(F)ccc2o1. The highest BCUT2D eigenvalue weighted by Crippen LogP contribution is 2.25. The van der Waals surface area contributed by atoms with Gasteiger partial charge in [-0.25, -0.2) is 4.39 Å². The first kappa shape index (κ1) is 13.9. The number of hydrogen-bond donors (Lipinski definition) is 1. The monoisotopic (exact) mass is 306 g/mol. The zero-order valence-corrected chi connectivity index (χ0v) is 11.7. The van der Waals surface area contributed by atoms with Gasteiger partial charge in [0.15, 0.2) is 0 Å². The van der Waals surface area contributed by atoms with Crippen LogP contribution in [0.1, 0.15) is 11.9 Å². The van der Waals surface area contributed by atoms with Gasteiger partial charge in [-0.3, -0.25) is 0 Å². The minimum atomic E-state index is -0.934. The van der Waals surface area contributed by atoms with Crippen molar-refractivity contribution in [2.45, 2.75) is 6.10 Å². The Morgan fingerprint density at radius 1 is 1.14 bits per heavy atom. The Bertz CT molecular complexity index is 752. The second kappa shape index (κ2) is 5.76. The second-order valence-electron chi connectivity index (χ2n) is 4.61. The quantitative estimate of drug-likeness (QED) is 0.780. The summed E-state index contributed by atoms with van der Waals surface area (Å²) in [4.78, 5) is 0. The Kier molecular flexibility index (Phi) is 3.82. The lowest BCUT2D eigenvalue weighted by atomic mass is 10.2. The summed E-state index contributed by atoms with van der Waals surface area (Å²) in [6.45, 7) is 0.0317. The Morgan fingerprint density at radius 3 is 2.67 bits per heavy atom. The lowest BCUT2D eigenvalue weighted by Crippen LogP contribution is -2.08. The number of benzene rings is 2. The number of halogens is 2. The first-order valence-electron chi connectivity index (χ1n) is 6.37. The smallest absolute Gasteiger partial charge is 0.145 e. The summed E-state index contributed by atoms with van der Waals surface area (Å²) in [6.07, 6.45) is -0.934. The maximum Gasteiger partial charge on any atom is 0.145 e. The molecule has 2 aromatic carbocycles. The van der Waals surface area contributed by atoms with Crippen LogP contribution in [0, 0.1) is 5.82 Å². The molecular weight excluding hydrogens is 295 g/mol. The first-order chi connectivity index (χ1) is 10.1. The number of fused-ring (bicyclic) bond motifs is 1. The normalized spacial score (nSPS) is 12.5. The van der Waals surface area contributed by atoms with E-state index in [4.69, 9.17) is 20.8 Å². The second-order valence-corrected chi connectivity index (χ2v) is 5.05. The van der Waals surface area contributed by atoms with Crippen molar-refractivity contribution in [3.63, 3.8) is 0 Å². The van der Waals surface area contributed by atoms with Crippen LogP contribution in [-0.2, 0) is 0 Å². The molecule has 0 amide bonds. The van der Waals surface area contributed by atoms with Crippen molar-refractivity contribution in [2.75, 3.05) is 6.61 Å². The molecule has 3 nitrogen and oxygen atoms in total. The van der Waals surface area contributed by atoms with Gasteiger partial charge < -0.3 is 14.3 Å². The van der Waals surface area contributed by atoms with Gasteiger partial charge in [0, 0.05) is 10.4 Å². The summed E-state index contributed by atoms with van der Waals surface area (Å²) in [5.41, 5.74) is 0.525. The van der Waals surface area contributed by atoms with Crippen LogP contribution in [0.15, 0.2) is 52.9 Å². The van der Waals surface area contributed by atoms with Gasteiger partial charge in [-0.2, -0.15) is 0 Å². The third-order valence-electron chi connectivity index (χ3n) is 3.05. The molecule has 0 bridgehead atoms. The van der Waals surface area contributed by atoms with Gasteiger partial charge in [0.1, 0.15) is 35.6 Å². The molecular formula is C16H12ClFO3. The van der Waals surface area contributed by atoms with Crippen LogP contribution in [0.25, 0.3) is 11.0 Å². The van der Waals surface area contributed by atoms with E-state index in [1.807, 2.05) is 0 Å². The highest BCUT2D eigenvalue weighted by atomic mass is 35.5. The molecule has 0 spiro atoms. The van der Waals surface area contributed by atoms with E-state index < -0.39 is 6.10 Å². The fourth-order valence-corrected chi connectivity index (χ4v) is 2.11. The number of ether oxygens (including phenoxy) is 1. The van der Waals surface area contributed by atoms with Crippen molar-refractivity contribution in [3.05, 3.63) is 65.1 Å². The predicted octanol–water partition coefficient (Wildman–Crippen LogP) is 4.34. The third-order valence-corrected chi connectivity index (χ3v) is 3.30.